The summed E-state index contributed by atoms with van der Waals surface area (Å²) in [5.74, 6) is 0.778. The van der Waals surface area contributed by atoms with Gasteiger partial charge in [0.15, 0.2) is 0 Å². The fourth-order valence-corrected chi connectivity index (χ4v) is 0.727. The molecule has 1 heterocycles. The Hall–Kier alpha value is -0.740. The van der Waals surface area contributed by atoms with Gasteiger partial charge in [0.05, 0.1) is 6.67 Å². The summed E-state index contributed by atoms with van der Waals surface area (Å²) in [7, 11) is 0. The Morgan fingerprint density at radius 2 is 2.40 bits per heavy atom. The van der Waals surface area contributed by atoms with Gasteiger partial charge in [-0.3, -0.25) is 0 Å². The zero-order valence-electron chi connectivity index (χ0n) is 5.41. The van der Waals surface area contributed by atoms with Crippen LogP contribution in [0.3, 0.4) is 0 Å². The topological polar surface area (TPSA) is 50.9 Å². The molecule has 0 amide bonds. The Morgan fingerprint density at radius 3 is 2.90 bits per heavy atom. The highest BCUT2D eigenvalue weighted by Crippen LogP contribution is 2.06. The number of pyridine rings is 1. The summed E-state index contributed by atoms with van der Waals surface area (Å²) in [6.07, 6.45) is 1.67. The number of nitrogens with one attached hydrogen (secondary N) is 1. The summed E-state index contributed by atoms with van der Waals surface area (Å²) >= 11 is 4.08. The van der Waals surface area contributed by atoms with Crippen molar-refractivity contribution in [1.29, 1.82) is 0 Å². The summed E-state index contributed by atoms with van der Waals surface area (Å²) in [5.41, 5.74) is 5.23. The van der Waals surface area contributed by atoms with E-state index in [1.54, 1.807) is 6.20 Å². The molecule has 0 aliphatic carbocycles. The van der Waals surface area contributed by atoms with Crippen LogP contribution in [0.25, 0.3) is 0 Å². The summed E-state index contributed by atoms with van der Waals surface area (Å²) < 4.78 is 0. The maximum atomic E-state index is 5.23. The molecule has 0 atom stereocenters. The number of hydrogen-bond acceptors (Lipinski definition) is 4. The first-order valence-electron chi connectivity index (χ1n) is 2.92. The minimum absolute atomic E-state index is 0.402. The summed E-state index contributed by atoms with van der Waals surface area (Å²) in [6.45, 7) is 0.402. The second-order valence-corrected chi connectivity index (χ2v) is 2.30. The Balaban J connectivity index is 2.69. The quantitative estimate of drug-likeness (QED) is 0.435. The first kappa shape index (κ1) is 7.37. The molecule has 0 radical (unpaired) electrons. The molecular weight excluding hydrogens is 146 g/mol. The lowest BCUT2D eigenvalue weighted by Gasteiger charge is -1.99. The molecule has 3 nitrogen and oxygen atoms in total. The Morgan fingerprint density at radius 1 is 1.60 bits per heavy atom. The molecule has 1 rings (SSSR count). The number of rotatable bonds is 2. The van der Waals surface area contributed by atoms with E-state index in [9.17, 15) is 0 Å². The zero-order chi connectivity index (χ0) is 7.40. The average Bonchev–Trinajstić information content (AvgIpc) is 1.95. The van der Waals surface area contributed by atoms with E-state index < -0.39 is 0 Å². The molecule has 10 heavy (non-hydrogen) atoms. The first-order valence-corrected chi connectivity index (χ1v) is 3.36. The number of hydrogen-bond donors (Lipinski definition) is 3. The van der Waals surface area contributed by atoms with E-state index in [2.05, 4.69) is 22.9 Å². The smallest absolute Gasteiger partial charge is 0.126 e. The molecule has 0 spiro atoms. The maximum absolute atomic E-state index is 5.23. The predicted octanol–water partition coefficient (Wildman–Crippen LogP) is 0.698. The van der Waals surface area contributed by atoms with Gasteiger partial charge in [-0.05, 0) is 12.1 Å². The highest BCUT2D eigenvalue weighted by molar-refractivity contribution is 7.80. The molecule has 0 aliphatic heterocycles. The van der Waals surface area contributed by atoms with Gasteiger partial charge in [-0.1, -0.05) is 0 Å². The fourth-order valence-electron chi connectivity index (χ4n) is 0.595. The van der Waals surface area contributed by atoms with E-state index in [0.717, 1.165) is 10.7 Å². The average molecular weight is 155 g/mol. The van der Waals surface area contributed by atoms with Gasteiger partial charge in [-0.2, -0.15) is 0 Å². The third kappa shape index (κ3) is 1.89. The van der Waals surface area contributed by atoms with Gasteiger partial charge in [0.1, 0.15) is 5.82 Å². The predicted molar refractivity (Wildman–Crippen MR) is 44.2 cm³/mol. The van der Waals surface area contributed by atoms with Crippen LogP contribution in [0.1, 0.15) is 0 Å². The summed E-state index contributed by atoms with van der Waals surface area (Å²) in [6, 6.07) is 3.68. The van der Waals surface area contributed by atoms with E-state index in [-0.39, 0.29) is 0 Å². The normalized spacial score (nSPS) is 9.40. The molecule has 1 aromatic heterocycles. The maximum Gasteiger partial charge on any atom is 0.126 e. The summed E-state index contributed by atoms with van der Waals surface area (Å²) in [5, 5.41) is 2.87. The van der Waals surface area contributed by atoms with Crippen LogP contribution in [-0.2, 0) is 0 Å². The number of nitrogens with two attached hydrogens (primary N) is 1. The van der Waals surface area contributed by atoms with Crippen LogP contribution in [0, 0.1) is 0 Å². The van der Waals surface area contributed by atoms with Gasteiger partial charge in [0, 0.05) is 11.1 Å². The molecule has 4 heteroatoms. The van der Waals surface area contributed by atoms with Crippen molar-refractivity contribution in [2.75, 3.05) is 12.0 Å². The Bertz CT molecular complexity index is 197. The molecule has 0 saturated carbocycles. The molecular formula is C6H9N3S. The Kier molecular flexibility index (Phi) is 2.53. The van der Waals surface area contributed by atoms with Gasteiger partial charge < -0.3 is 11.1 Å². The standard InChI is InChI=1S/C6H9N3S/c7-4-9-6-2-1-5(10)3-8-6/h1-3,10H,4,7H2,(H,8,9). The van der Waals surface area contributed by atoms with Gasteiger partial charge in [-0.15, -0.1) is 12.6 Å². The van der Waals surface area contributed by atoms with E-state index in [4.69, 9.17) is 5.73 Å². The van der Waals surface area contributed by atoms with Crippen molar-refractivity contribution in [2.24, 2.45) is 5.73 Å². The van der Waals surface area contributed by atoms with Crippen LogP contribution >= 0.6 is 12.6 Å². The van der Waals surface area contributed by atoms with Crippen molar-refractivity contribution in [3.8, 4) is 0 Å². The Labute approximate surface area is 65.1 Å². The van der Waals surface area contributed by atoms with E-state index in [1.165, 1.54) is 0 Å². The molecule has 1 aromatic rings. The zero-order valence-corrected chi connectivity index (χ0v) is 6.31. The van der Waals surface area contributed by atoms with Crippen LogP contribution < -0.4 is 11.1 Å². The van der Waals surface area contributed by atoms with Gasteiger partial charge in [0.2, 0.25) is 0 Å². The molecule has 0 aliphatic rings. The van der Waals surface area contributed by atoms with Gasteiger partial charge in [0.25, 0.3) is 0 Å². The minimum Gasteiger partial charge on any atom is -0.358 e. The van der Waals surface area contributed by atoms with Crippen molar-refractivity contribution in [2.45, 2.75) is 4.90 Å². The number of nitrogens with zero attached hydrogens (tertiary/aromatic N) is 1. The highest BCUT2D eigenvalue weighted by atomic mass is 32.1. The van der Waals surface area contributed by atoms with E-state index in [1.807, 2.05) is 12.1 Å². The lowest BCUT2D eigenvalue weighted by atomic mass is 10.5. The van der Waals surface area contributed by atoms with Crippen LogP contribution in [0.5, 0.6) is 0 Å². The second-order valence-electron chi connectivity index (χ2n) is 1.78. The van der Waals surface area contributed by atoms with E-state index >= 15 is 0 Å². The minimum atomic E-state index is 0.402. The molecule has 0 saturated heterocycles. The molecule has 3 N–H and O–H groups in total. The van der Waals surface area contributed by atoms with Gasteiger partial charge >= 0.3 is 0 Å². The number of anilines is 1. The van der Waals surface area contributed by atoms with Crippen molar-refractivity contribution in [3.05, 3.63) is 18.3 Å². The number of aromatic nitrogens is 1. The van der Waals surface area contributed by atoms with Crippen LogP contribution in [0.15, 0.2) is 23.2 Å². The molecule has 0 fully saturated rings. The molecule has 0 unspecified atom stereocenters. The summed E-state index contributed by atoms with van der Waals surface area (Å²) in [4.78, 5) is 4.85. The van der Waals surface area contributed by atoms with Crippen LogP contribution in [-0.4, -0.2) is 11.7 Å². The lowest BCUT2D eigenvalue weighted by molar-refractivity contribution is 1.10. The van der Waals surface area contributed by atoms with Crippen LogP contribution in [0.2, 0.25) is 0 Å². The molecule has 0 aromatic carbocycles. The monoisotopic (exact) mass is 155 g/mol. The number of thiol groups is 1. The first-order chi connectivity index (χ1) is 4.83. The van der Waals surface area contributed by atoms with Gasteiger partial charge in [-0.25, -0.2) is 4.98 Å². The molecule has 54 valence electrons. The van der Waals surface area contributed by atoms with Crippen molar-refractivity contribution >= 4 is 18.4 Å². The van der Waals surface area contributed by atoms with Crippen molar-refractivity contribution < 1.29 is 0 Å². The van der Waals surface area contributed by atoms with Crippen LogP contribution in [0.4, 0.5) is 5.82 Å². The van der Waals surface area contributed by atoms with Crippen molar-refractivity contribution in [1.82, 2.24) is 4.98 Å². The third-order valence-electron chi connectivity index (χ3n) is 1.03. The largest absolute Gasteiger partial charge is 0.358 e. The lowest BCUT2D eigenvalue weighted by Crippen LogP contribution is -2.11. The third-order valence-corrected chi connectivity index (χ3v) is 1.30. The highest BCUT2D eigenvalue weighted by Gasteiger charge is 1.88. The fraction of sp³-hybridized carbons (Fsp3) is 0.167. The SMILES string of the molecule is NCNc1ccc(S)cn1. The second kappa shape index (κ2) is 3.43. The van der Waals surface area contributed by atoms with Crippen molar-refractivity contribution in [3.63, 3.8) is 0 Å². The van der Waals surface area contributed by atoms with E-state index in [0.29, 0.717) is 6.67 Å². The molecule has 0 bridgehead atoms.